The molecule has 7 heteroatoms. The van der Waals surface area contributed by atoms with Crippen LogP contribution in [-0.4, -0.2) is 37.8 Å². The van der Waals surface area contributed by atoms with Crippen LogP contribution in [0.3, 0.4) is 0 Å². The minimum atomic E-state index is -0.581. The van der Waals surface area contributed by atoms with Crippen LogP contribution in [0.4, 0.5) is 16.3 Å². The lowest BCUT2D eigenvalue weighted by Gasteiger charge is -2.18. The highest BCUT2D eigenvalue weighted by molar-refractivity contribution is 5.90. The summed E-state index contributed by atoms with van der Waals surface area (Å²) >= 11 is 0. The molecule has 0 aromatic carbocycles. The van der Waals surface area contributed by atoms with Gasteiger partial charge in [0, 0.05) is 32.5 Å². The van der Waals surface area contributed by atoms with Gasteiger partial charge >= 0.3 is 6.03 Å². The minimum absolute atomic E-state index is 0.403. The largest absolute Gasteiger partial charge is 0.383 e. The Morgan fingerprint density at radius 2 is 2.42 bits per heavy atom. The van der Waals surface area contributed by atoms with Gasteiger partial charge in [0.15, 0.2) is 0 Å². The Balaban J connectivity index is 3.00. The van der Waals surface area contributed by atoms with Crippen molar-refractivity contribution < 1.29 is 9.53 Å². The van der Waals surface area contributed by atoms with E-state index in [0.29, 0.717) is 36.8 Å². The first kappa shape index (κ1) is 14.7. The number of rotatable bonds is 6. The summed E-state index contributed by atoms with van der Waals surface area (Å²) in [4.78, 5) is 16.6. The van der Waals surface area contributed by atoms with E-state index in [4.69, 9.17) is 15.7 Å². The van der Waals surface area contributed by atoms with Gasteiger partial charge in [-0.05, 0) is 6.92 Å². The van der Waals surface area contributed by atoms with E-state index in [2.05, 4.69) is 10.3 Å². The first-order valence-corrected chi connectivity index (χ1v) is 5.84. The van der Waals surface area contributed by atoms with Crippen molar-refractivity contribution in [3.05, 3.63) is 17.8 Å². The summed E-state index contributed by atoms with van der Waals surface area (Å²) in [5.41, 5.74) is 6.27. The van der Waals surface area contributed by atoms with Crippen molar-refractivity contribution in [3.63, 3.8) is 0 Å². The number of carbonyl (C=O) groups excluding carboxylic acids is 1. The number of hydrogen-bond donors (Lipinski definition) is 2. The van der Waals surface area contributed by atoms with Gasteiger partial charge in [0.1, 0.15) is 11.9 Å². The number of pyridine rings is 1. The van der Waals surface area contributed by atoms with Gasteiger partial charge in [0.25, 0.3) is 0 Å². The van der Waals surface area contributed by atoms with Gasteiger partial charge in [-0.1, -0.05) is 0 Å². The molecular formula is C12H17N5O2. The van der Waals surface area contributed by atoms with Crippen molar-refractivity contribution in [2.24, 2.45) is 5.73 Å². The van der Waals surface area contributed by atoms with Crippen LogP contribution < -0.4 is 16.0 Å². The number of amides is 2. The lowest BCUT2D eigenvalue weighted by atomic mass is 10.2. The zero-order chi connectivity index (χ0) is 14.3. The molecule has 0 fully saturated rings. The molecule has 19 heavy (non-hydrogen) atoms. The van der Waals surface area contributed by atoms with E-state index in [9.17, 15) is 4.79 Å². The lowest BCUT2D eigenvalue weighted by Crippen LogP contribution is -2.36. The van der Waals surface area contributed by atoms with Gasteiger partial charge in [-0.3, -0.25) is 4.90 Å². The van der Waals surface area contributed by atoms with Gasteiger partial charge < -0.3 is 15.8 Å². The summed E-state index contributed by atoms with van der Waals surface area (Å²) in [6.45, 7) is 3.27. The van der Waals surface area contributed by atoms with Crippen molar-refractivity contribution >= 4 is 17.5 Å². The molecule has 0 spiro atoms. The van der Waals surface area contributed by atoms with Crippen molar-refractivity contribution in [1.29, 1.82) is 5.26 Å². The second kappa shape index (κ2) is 7.18. The summed E-state index contributed by atoms with van der Waals surface area (Å²) < 4.78 is 4.93. The number of nitrogens with two attached hydrogens (primary N) is 1. The minimum Gasteiger partial charge on any atom is -0.383 e. The van der Waals surface area contributed by atoms with Crippen LogP contribution >= 0.6 is 0 Å². The Bertz CT molecular complexity index is 483. The van der Waals surface area contributed by atoms with Crippen LogP contribution in [0.15, 0.2) is 12.3 Å². The smallest absolute Gasteiger partial charge is 0.320 e. The standard InChI is InChI=1S/C12H17N5O2/c1-3-17(12(14)18)11-6-10(15-4-5-19-2)9(7-13)8-16-11/h6,8H,3-5H2,1-2H3,(H2,14,18)(H,15,16). The van der Waals surface area contributed by atoms with Crippen molar-refractivity contribution in [1.82, 2.24) is 4.98 Å². The average molecular weight is 263 g/mol. The molecule has 0 saturated heterocycles. The molecule has 7 nitrogen and oxygen atoms in total. The molecule has 0 unspecified atom stereocenters. The maximum absolute atomic E-state index is 11.3. The van der Waals surface area contributed by atoms with Gasteiger partial charge in [-0.2, -0.15) is 5.26 Å². The molecule has 0 atom stereocenters. The molecule has 1 rings (SSSR count). The van der Waals surface area contributed by atoms with Crippen LogP contribution in [0.25, 0.3) is 0 Å². The Hall–Kier alpha value is -2.33. The van der Waals surface area contributed by atoms with Gasteiger partial charge in [-0.25, -0.2) is 9.78 Å². The lowest BCUT2D eigenvalue weighted by molar-refractivity contribution is 0.211. The fraction of sp³-hybridized carbons (Fsp3) is 0.417. The summed E-state index contributed by atoms with van der Waals surface area (Å²) in [5, 5.41) is 12.1. The van der Waals surface area contributed by atoms with Gasteiger partial charge in [0.05, 0.1) is 17.9 Å². The Morgan fingerprint density at radius 3 is 2.95 bits per heavy atom. The molecule has 2 amide bonds. The maximum Gasteiger partial charge on any atom is 0.320 e. The highest BCUT2D eigenvalue weighted by atomic mass is 16.5. The topological polar surface area (TPSA) is 104 Å². The number of urea groups is 1. The molecule has 0 saturated carbocycles. The third-order valence-electron chi connectivity index (χ3n) is 2.49. The van der Waals surface area contributed by atoms with Crippen LogP contribution in [0.1, 0.15) is 12.5 Å². The monoisotopic (exact) mass is 263 g/mol. The quantitative estimate of drug-likeness (QED) is 0.742. The first-order chi connectivity index (χ1) is 9.13. The fourth-order valence-corrected chi connectivity index (χ4v) is 1.55. The number of nitriles is 1. The number of nitrogens with one attached hydrogen (secondary N) is 1. The van der Waals surface area contributed by atoms with E-state index in [-0.39, 0.29) is 0 Å². The molecule has 0 aliphatic rings. The highest BCUT2D eigenvalue weighted by Crippen LogP contribution is 2.20. The van der Waals surface area contributed by atoms with Crippen LogP contribution in [0.2, 0.25) is 0 Å². The van der Waals surface area contributed by atoms with Crippen LogP contribution in [0, 0.1) is 11.3 Å². The molecule has 0 radical (unpaired) electrons. The number of aromatic nitrogens is 1. The molecule has 0 bridgehead atoms. The van der Waals surface area contributed by atoms with Gasteiger partial charge in [0.2, 0.25) is 0 Å². The number of carbonyl (C=O) groups is 1. The molecule has 102 valence electrons. The molecule has 0 aliphatic heterocycles. The summed E-state index contributed by atoms with van der Waals surface area (Å²) in [6.07, 6.45) is 1.41. The Kier molecular flexibility index (Phi) is 5.57. The Morgan fingerprint density at radius 1 is 1.68 bits per heavy atom. The predicted octanol–water partition coefficient (Wildman–Crippen LogP) is 0.917. The summed E-state index contributed by atoms with van der Waals surface area (Å²) in [5.74, 6) is 0.411. The molecule has 3 N–H and O–H groups in total. The number of ether oxygens (including phenoxy) is 1. The van der Waals surface area contributed by atoms with E-state index in [1.54, 1.807) is 20.1 Å². The van der Waals surface area contributed by atoms with Crippen LogP contribution in [-0.2, 0) is 4.74 Å². The Labute approximate surface area is 112 Å². The number of anilines is 2. The van der Waals surface area contributed by atoms with Gasteiger partial charge in [-0.15, -0.1) is 0 Å². The third-order valence-corrected chi connectivity index (χ3v) is 2.49. The summed E-state index contributed by atoms with van der Waals surface area (Å²) in [7, 11) is 1.59. The first-order valence-electron chi connectivity index (χ1n) is 5.84. The fourth-order valence-electron chi connectivity index (χ4n) is 1.55. The summed E-state index contributed by atoms with van der Waals surface area (Å²) in [6, 6.07) is 3.08. The number of nitrogens with zero attached hydrogens (tertiary/aromatic N) is 3. The molecule has 1 heterocycles. The average Bonchev–Trinajstić information content (AvgIpc) is 2.40. The predicted molar refractivity (Wildman–Crippen MR) is 71.9 cm³/mol. The zero-order valence-electron chi connectivity index (χ0n) is 11.0. The van der Waals surface area contributed by atoms with Crippen molar-refractivity contribution in [2.75, 3.05) is 37.0 Å². The van der Waals surface area contributed by atoms with E-state index in [1.807, 2.05) is 6.07 Å². The second-order valence-electron chi connectivity index (χ2n) is 3.70. The van der Waals surface area contributed by atoms with Crippen molar-refractivity contribution in [3.8, 4) is 6.07 Å². The third kappa shape index (κ3) is 3.82. The number of methoxy groups -OCH3 is 1. The zero-order valence-corrected chi connectivity index (χ0v) is 11.0. The van der Waals surface area contributed by atoms with E-state index in [0.717, 1.165) is 0 Å². The second-order valence-corrected chi connectivity index (χ2v) is 3.70. The van der Waals surface area contributed by atoms with E-state index < -0.39 is 6.03 Å². The number of primary amides is 1. The highest BCUT2D eigenvalue weighted by Gasteiger charge is 2.13. The maximum atomic E-state index is 11.3. The van der Waals surface area contributed by atoms with Crippen LogP contribution in [0.5, 0.6) is 0 Å². The molecular weight excluding hydrogens is 246 g/mol. The van der Waals surface area contributed by atoms with Crippen molar-refractivity contribution in [2.45, 2.75) is 6.92 Å². The van der Waals surface area contributed by atoms with E-state index in [1.165, 1.54) is 11.1 Å². The van der Waals surface area contributed by atoms with E-state index >= 15 is 0 Å². The SMILES string of the molecule is CCN(C(N)=O)c1cc(NCCOC)c(C#N)cn1. The normalized spacial score (nSPS) is 9.74. The molecule has 1 aromatic heterocycles. The molecule has 0 aliphatic carbocycles. The molecule has 1 aromatic rings. The number of hydrogen-bond acceptors (Lipinski definition) is 5.